The van der Waals surface area contributed by atoms with Crippen molar-refractivity contribution in [2.24, 2.45) is 0 Å². The normalized spacial score (nSPS) is 21.3. The minimum Gasteiger partial charge on any atom is -0.465 e. The SMILES string of the molecule is C=C1C(C(=O)OC)=CC=C2CCCC(c3ccccc3)N12. The standard InChI is InChI=1S/C18H19NO2/c1-13-16(18(20)21-2)12-11-15-9-6-10-17(19(13)15)14-7-4-3-5-8-14/h3-5,7-8,11-12,17H,1,6,9-10H2,2H3. The van der Waals surface area contributed by atoms with Crippen LogP contribution in [0, 0.1) is 0 Å². The Morgan fingerprint density at radius 1 is 1.29 bits per heavy atom. The maximum Gasteiger partial charge on any atom is 0.339 e. The summed E-state index contributed by atoms with van der Waals surface area (Å²) in [7, 11) is 1.40. The lowest BCUT2D eigenvalue weighted by Gasteiger charge is -2.42. The van der Waals surface area contributed by atoms with Crippen molar-refractivity contribution in [3.63, 3.8) is 0 Å². The lowest BCUT2D eigenvalue weighted by Crippen LogP contribution is -2.34. The first-order chi connectivity index (χ1) is 10.2. The van der Waals surface area contributed by atoms with Gasteiger partial charge >= 0.3 is 5.97 Å². The number of carbonyl (C=O) groups is 1. The highest BCUT2D eigenvalue weighted by Crippen LogP contribution is 2.42. The fraction of sp³-hybridized carbons (Fsp3) is 0.278. The van der Waals surface area contributed by atoms with Crippen LogP contribution in [0.2, 0.25) is 0 Å². The van der Waals surface area contributed by atoms with Gasteiger partial charge in [0.25, 0.3) is 0 Å². The smallest absolute Gasteiger partial charge is 0.339 e. The second-order valence-corrected chi connectivity index (χ2v) is 5.37. The number of methoxy groups -OCH3 is 1. The molecule has 1 aromatic carbocycles. The van der Waals surface area contributed by atoms with E-state index in [4.69, 9.17) is 4.74 Å². The molecule has 0 radical (unpaired) electrons. The van der Waals surface area contributed by atoms with Crippen molar-refractivity contribution >= 4 is 5.97 Å². The lowest BCUT2D eigenvalue weighted by atomic mass is 9.89. The van der Waals surface area contributed by atoms with E-state index in [1.165, 1.54) is 18.4 Å². The molecular weight excluding hydrogens is 262 g/mol. The molecule has 0 amide bonds. The molecule has 1 unspecified atom stereocenters. The number of hydrogen-bond donors (Lipinski definition) is 0. The van der Waals surface area contributed by atoms with Crippen LogP contribution in [-0.4, -0.2) is 18.0 Å². The van der Waals surface area contributed by atoms with Crippen molar-refractivity contribution in [1.29, 1.82) is 0 Å². The van der Waals surface area contributed by atoms with Gasteiger partial charge in [0.15, 0.2) is 0 Å². The summed E-state index contributed by atoms with van der Waals surface area (Å²) in [5.74, 6) is -0.326. The largest absolute Gasteiger partial charge is 0.465 e. The van der Waals surface area contributed by atoms with Gasteiger partial charge in [-0.25, -0.2) is 4.79 Å². The molecular formula is C18H19NO2. The van der Waals surface area contributed by atoms with E-state index in [1.807, 2.05) is 18.2 Å². The number of hydrogen-bond acceptors (Lipinski definition) is 3. The van der Waals surface area contributed by atoms with Crippen molar-refractivity contribution < 1.29 is 9.53 Å². The number of benzene rings is 1. The molecule has 1 fully saturated rings. The summed E-state index contributed by atoms with van der Waals surface area (Å²) in [6, 6.07) is 10.6. The molecule has 3 heteroatoms. The molecule has 0 aromatic heterocycles. The topological polar surface area (TPSA) is 29.5 Å². The molecule has 3 nitrogen and oxygen atoms in total. The molecule has 0 N–H and O–H groups in total. The minimum atomic E-state index is -0.326. The quantitative estimate of drug-likeness (QED) is 0.774. The van der Waals surface area contributed by atoms with E-state index in [0.717, 1.165) is 25.0 Å². The first kappa shape index (κ1) is 13.7. The van der Waals surface area contributed by atoms with Crippen molar-refractivity contribution in [3.8, 4) is 0 Å². The molecule has 2 heterocycles. The number of piperidine rings is 1. The number of ether oxygens (including phenoxy) is 1. The highest BCUT2D eigenvalue weighted by Gasteiger charge is 2.33. The Morgan fingerprint density at radius 2 is 2.05 bits per heavy atom. The summed E-state index contributed by atoms with van der Waals surface area (Å²) in [5, 5.41) is 0. The number of allylic oxidation sites excluding steroid dienone is 3. The van der Waals surface area contributed by atoms with E-state index < -0.39 is 0 Å². The molecule has 1 saturated heterocycles. The zero-order valence-electron chi connectivity index (χ0n) is 12.2. The monoisotopic (exact) mass is 281 g/mol. The van der Waals surface area contributed by atoms with Crippen LogP contribution < -0.4 is 0 Å². The Labute approximate surface area is 125 Å². The molecule has 3 rings (SSSR count). The van der Waals surface area contributed by atoms with Gasteiger partial charge in [-0.15, -0.1) is 0 Å². The molecule has 1 atom stereocenters. The van der Waals surface area contributed by atoms with Gasteiger partial charge in [-0.1, -0.05) is 36.9 Å². The predicted octanol–water partition coefficient (Wildman–Crippen LogP) is 3.72. The van der Waals surface area contributed by atoms with Crippen molar-refractivity contribution in [2.45, 2.75) is 25.3 Å². The Kier molecular flexibility index (Phi) is 3.65. The van der Waals surface area contributed by atoms with Gasteiger partial charge in [0, 0.05) is 11.4 Å². The van der Waals surface area contributed by atoms with Crippen molar-refractivity contribution in [2.75, 3.05) is 7.11 Å². The van der Waals surface area contributed by atoms with E-state index in [0.29, 0.717) is 5.57 Å². The molecule has 2 aliphatic rings. The second-order valence-electron chi connectivity index (χ2n) is 5.37. The molecule has 0 aliphatic carbocycles. The van der Waals surface area contributed by atoms with Crippen LogP contribution in [0.4, 0.5) is 0 Å². The van der Waals surface area contributed by atoms with Gasteiger partial charge < -0.3 is 9.64 Å². The number of esters is 1. The van der Waals surface area contributed by atoms with E-state index in [-0.39, 0.29) is 12.0 Å². The third kappa shape index (κ3) is 2.40. The number of rotatable bonds is 2. The first-order valence-electron chi connectivity index (χ1n) is 7.25. The summed E-state index contributed by atoms with van der Waals surface area (Å²) in [5.41, 5.74) is 3.78. The van der Waals surface area contributed by atoms with Crippen LogP contribution in [0.5, 0.6) is 0 Å². The fourth-order valence-corrected chi connectivity index (χ4v) is 3.14. The summed E-state index contributed by atoms with van der Waals surface area (Å²) < 4.78 is 4.86. The van der Waals surface area contributed by atoms with Crippen molar-refractivity contribution in [3.05, 3.63) is 71.6 Å². The molecule has 0 spiro atoms. The molecule has 1 aromatic rings. The van der Waals surface area contributed by atoms with E-state index >= 15 is 0 Å². The van der Waals surface area contributed by atoms with Gasteiger partial charge in [0.2, 0.25) is 0 Å². The van der Waals surface area contributed by atoms with Crippen molar-refractivity contribution in [1.82, 2.24) is 4.90 Å². The van der Waals surface area contributed by atoms with Crippen LogP contribution in [-0.2, 0) is 9.53 Å². The molecule has 2 aliphatic heterocycles. The Bertz CT molecular complexity index is 628. The second kappa shape index (κ2) is 5.60. The lowest BCUT2D eigenvalue weighted by molar-refractivity contribution is -0.136. The van der Waals surface area contributed by atoms with E-state index in [2.05, 4.69) is 35.7 Å². The summed E-state index contributed by atoms with van der Waals surface area (Å²) in [6.07, 6.45) is 7.09. The fourth-order valence-electron chi connectivity index (χ4n) is 3.14. The van der Waals surface area contributed by atoms with E-state index in [1.54, 1.807) is 0 Å². The summed E-state index contributed by atoms with van der Waals surface area (Å²) in [6.45, 7) is 4.14. The van der Waals surface area contributed by atoms with Gasteiger partial charge in [-0.05, 0) is 37.0 Å². The predicted molar refractivity (Wildman–Crippen MR) is 82.2 cm³/mol. The summed E-state index contributed by atoms with van der Waals surface area (Å²) >= 11 is 0. The summed E-state index contributed by atoms with van der Waals surface area (Å²) in [4.78, 5) is 14.1. The zero-order chi connectivity index (χ0) is 14.8. The van der Waals surface area contributed by atoms with Crippen LogP contribution >= 0.6 is 0 Å². The first-order valence-corrected chi connectivity index (χ1v) is 7.25. The van der Waals surface area contributed by atoms with Crippen LogP contribution in [0.1, 0.15) is 30.9 Å². The molecule has 108 valence electrons. The Balaban J connectivity index is 1.98. The number of fused-ring (bicyclic) bond motifs is 1. The molecule has 21 heavy (non-hydrogen) atoms. The third-order valence-electron chi connectivity index (χ3n) is 4.17. The number of nitrogens with zero attached hydrogens (tertiary/aromatic N) is 1. The van der Waals surface area contributed by atoms with Gasteiger partial charge in [-0.3, -0.25) is 0 Å². The van der Waals surface area contributed by atoms with Gasteiger partial charge in [0.05, 0.1) is 18.7 Å². The van der Waals surface area contributed by atoms with Crippen LogP contribution in [0.25, 0.3) is 0 Å². The van der Waals surface area contributed by atoms with Gasteiger partial charge in [-0.2, -0.15) is 0 Å². The highest BCUT2D eigenvalue weighted by molar-refractivity contribution is 5.93. The average Bonchev–Trinajstić information content (AvgIpc) is 2.55. The zero-order valence-corrected chi connectivity index (χ0v) is 12.2. The van der Waals surface area contributed by atoms with Crippen LogP contribution in [0.3, 0.4) is 0 Å². The highest BCUT2D eigenvalue weighted by atomic mass is 16.5. The maximum atomic E-state index is 11.9. The van der Waals surface area contributed by atoms with Gasteiger partial charge in [0.1, 0.15) is 0 Å². The third-order valence-corrected chi connectivity index (χ3v) is 4.17. The Morgan fingerprint density at radius 3 is 2.76 bits per heavy atom. The average molecular weight is 281 g/mol. The van der Waals surface area contributed by atoms with E-state index in [9.17, 15) is 4.79 Å². The Hall–Kier alpha value is -2.29. The van der Waals surface area contributed by atoms with Crippen LogP contribution in [0.15, 0.2) is 66.0 Å². The minimum absolute atomic E-state index is 0.243. The molecule has 0 bridgehead atoms. The number of carbonyl (C=O) groups excluding carboxylic acids is 1. The maximum absolute atomic E-state index is 11.9. The molecule has 0 saturated carbocycles.